The van der Waals surface area contributed by atoms with Crippen LogP contribution in [0.25, 0.3) is 5.69 Å². The molecule has 0 radical (unpaired) electrons. The normalized spacial score (nSPS) is 15.1. The standard InChI is InChI=1S/C24H30N6O/c1-24(2,3)20-17-22(30(27-20)19-9-5-4-6-10-19)26-23(31)18-28-13-15-29(16-14-28)21-11-7-8-12-25-21/h4-12,17H,13-16,18H2,1-3H3,(H,26,31). The van der Waals surface area contributed by atoms with E-state index in [-0.39, 0.29) is 11.3 Å². The van der Waals surface area contributed by atoms with Gasteiger partial charge in [-0.15, -0.1) is 0 Å². The van der Waals surface area contributed by atoms with E-state index in [0.29, 0.717) is 12.4 Å². The highest BCUT2D eigenvalue weighted by Crippen LogP contribution is 2.26. The van der Waals surface area contributed by atoms with Crippen molar-refractivity contribution in [3.05, 3.63) is 66.5 Å². The number of carbonyl (C=O) groups is 1. The molecule has 1 fully saturated rings. The molecule has 1 saturated heterocycles. The van der Waals surface area contributed by atoms with Crippen molar-refractivity contribution in [2.75, 3.05) is 42.9 Å². The van der Waals surface area contributed by atoms with Crippen LogP contribution in [0.4, 0.5) is 11.6 Å². The predicted octanol–water partition coefficient (Wildman–Crippen LogP) is 3.33. The van der Waals surface area contributed by atoms with E-state index in [2.05, 4.69) is 40.9 Å². The Kier molecular flexibility index (Phi) is 6.04. The largest absolute Gasteiger partial charge is 0.354 e. The van der Waals surface area contributed by atoms with Crippen molar-refractivity contribution in [3.8, 4) is 5.69 Å². The summed E-state index contributed by atoms with van der Waals surface area (Å²) >= 11 is 0. The zero-order valence-electron chi connectivity index (χ0n) is 18.5. The number of nitrogens with zero attached hydrogens (tertiary/aromatic N) is 5. The fourth-order valence-electron chi connectivity index (χ4n) is 3.66. The van der Waals surface area contributed by atoms with Crippen LogP contribution in [0, 0.1) is 0 Å². The number of aromatic nitrogens is 3. The van der Waals surface area contributed by atoms with Gasteiger partial charge in [-0.2, -0.15) is 5.10 Å². The van der Waals surface area contributed by atoms with E-state index in [1.165, 1.54) is 0 Å². The third kappa shape index (κ3) is 5.11. The summed E-state index contributed by atoms with van der Waals surface area (Å²) in [5.74, 6) is 1.67. The van der Waals surface area contributed by atoms with E-state index in [9.17, 15) is 4.79 Å². The monoisotopic (exact) mass is 418 g/mol. The summed E-state index contributed by atoms with van der Waals surface area (Å²) in [7, 11) is 0. The summed E-state index contributed by atoms with van der Waals surface area (Å²) in [6.45, 7) is 10.1. The molecule has 7 heteroatoms. The molecule has 3 heterocycles. The fraction of sp³-hybridized carbons (Fsp3) is 0.375. The quantitative estimate of drug-likeness (QED) is 0.689. The Morgan fingerprint density at radius 2 is 1.71 bits per heavy atom. The molecule has 1 aliphatic rings. The molecular formula is C24H30N6O. The van der Waals surface area contributed by atoms with Gasteiger partial charge in [-0.1, -0.05) is 45.0 Å². The molecule has 3 aromatic rings. The minimum atomic E-state index is -0.110. The summed E-state index contributed by atoms with van der Waals surface area (Å²) in [4.78, 5) is 21.7. The Labute approximate surface area is 183 Å². The zero-order chi connectivity index (χ0) is 21.8. The Hall–Kier alpha value is -3.19. The van der Waals surface area contributed by atoms with Crippen LogP contribution in [-0.4, -0.2) is 58.3 Å². The van der Waals surface area contributed by atoms with Gasteiger partial charge in [0, 0.05) is 43.9 Å². The molecular weight excluding hydrogens is 388 g/mol. The summed E-state index contributed by atoms with van der Waals surface area (Å²) in [6.07, 6.45) is 1.82. The van der Waals surface area contributed by atoms with Crippen LogP contribution in [0.15, 0.2) is 60.8 Å². The zero-order valence-corrected chi connectivity index (χ0v) is 18.5. The molecule has 0 aliphatic carbocycles. The molecule has 0 saturated carbocycles. The number of hydrogen-bond donors (Lipinski definition) is 1. The number of anilines is 2. The molecule has 0 bridgehead atoms. The van der Waals surface area contributed by atoms with Crippen molar-refractivity contribution in [2.24, 2.45) is 0 Å². The summed E-state index contributed by atoms with van der Waals surface area (Å²) < 4.78 is 1.82. The number of benzene rings is 1. The number of para-hydroxylation sites is 1. The molecule has 7 nitrogen and oxygen atoms in total. The molecule has 1 N–H and O–H groups in total. The molecule has 1 aliphatic heterocycles. The molecule has 2 aromatic heterocycles. The van der Waals surface area contributed by atoms with Gasteiger partial charge >= 0.3 is 0 Å². The fourth-order valence-corrected chi connectivity index (χ4v) is 3.66. The molecule has 31 heavy (non-hydrogen) atoms. The summed E-state index contributed by atoms with van der Waals surface area (Å²) in [6, 6.07) is 17.8. The van der Waals surface area contributed by atoms with Gasteiger partial charge in [0.25, 0.3) is 0 Å². The number of nitrogens with one attached hydrogen (secondary N) is 1. The van der Waals surface area contributed by atoms with E-state index < -0.39 is 0 Å². The number of amides is 1. The third-order valence-electron chi connectivity index (χ3n) is 5.46. The minimum absolute atomic E-state index is 0.0242. The second kappa shape index (κ2) is 8.89. The smallest absolute Gasteiger partial charge is 0.239 e. The number of pyridine rings is 1. The number of hydrogen-bond acceptors (Lipinski definition) is 5. The first-order chi connectivity index (χ1) is 14.9. The van der Waals surface area contributed by atoms with Crippen LogP contribution in [0.1, 0.15) is 26.5 Å². The summed E-state index contributed by atoms with van der Waals surface area (Å²) in [5.41, 5.74) is 1.76. The van der Waals surface area contributed by atoms with Crippen LogP contribution in [0.5, 0.6) is 0 Å². The van der Waals surface area contributed by atoms with Gasteiger partial charge in [-0.25, -0.2) is 9.67 Å². The number of rotatable bonds is 5. The van der Waals surface area contributed by atoms with Gasteiger partial charge in [0.2, 0.25) is 5.91 Å². The summed E-state index contributed by atoms with van der Waals surface area (Å²) in [5, 5.41) is 7.86. The van der Waals surface area contributed by atoms with Crippen molar-refractivity contribution in [1.82, 2.24) is 19.7 Å². The van der Waals surface area contributed by atoms with E-state index in [1.807, 2.05) is 65.5 Å². The molecule has 1 aromatic carbocycles. The van der Waals surface area contributed by atoms with E-state index in [0.717, 1.165) is 43.4 Å². The Morgan fingerprint density at radius 3 is 2.35 bits per heavy atom. The average molecular weight is 419 g/mol. The first-order valence-electron chi connectivity index (χ1n) is 10.7. The molecule has 0 atom stereocenters. The molecule has 1 amide bonds. The number of carbonyl (C=O) groups excluding carboxylic acids is 1. The highest BCUT2D eigenvalue weighted by atomic mass is 16.2. The third-order valence-corrected chi connectivity index (χ3v) is 5.46. The van der Waals surface area contributed by atoms with Crippen LogP contribution in [0.2, 0.25) is 0 Å². The lowest BCUT2D eigenvalue weighted by molar-refractivity contribution is -0.117. The predicted molar refractivity (Wildman–Crippen MR) is 124 cm³/mol. The van der Waals surface area contributed by atoms with Gasteiger partial charge in [0.1, 0.15) is 11.6 Å². The van der Waals surface area contributed by atoms with Gasteiger partial charge < -0.3 is 10.2 Å². The second-order valence-electron chi connectivity index (χ2n) is 8.91. The van der Waals surface area contributed by atoms with E-state index in [4.69, 9.17) is 5.10 Å². The van der Waals surface area contributed by atoms with Crippen LogP contribution >= 0.6 is 0 Å². The average Bonchev–Trinajstić information content (AvgIpc) is 3.20. The Morgan fingerprint density at radius 1 is 1.00 bits per heavy atom. The van der Waals surface area contributed by atoms with E-state index >= 15 is 0 Å². The molecule has 162 valence electrons. The Balaban J connectivity index is 1.41. The topological polar surface area (TPSA) is 66.3 Å². The highest BCUT2D eigenvalue weighted by Gasteiger charge is 2.23. The van der Waals surface area contributed by atoms with Crippen LogP contribution in [0.3, 0.4) is 0 Å². The van der Waals surface area contributed by atoms with Crippen molar-refractivity contribution < 1.29 is 4.79 Å². The lowest BCUT2D eigenvalue weighted by atomic mass is 9.92. The second-order valence-corrected chi connectivity index (χ2v) is 8.91. The van der Waals surface area contributed by atoms with Crippen molar-refractivity contribution in [2.45, 2.75) is 26.2 Å². The SMILES string of the molecule is CC(C)(C)c1cc(NC(=O)CN2CCN(c3ccccn3)CC2)n(-c2ccccc2)n1. The highest BCUT2D eigenvalue weighted by molar-refractivity contribution is 5.91. The molecule has 0 spiro atoms. The first kappa shape index (κ1) is 21.1. The molecule has 0 unspecified atom stereocenters. The van der Waals surface area contributed by atoms with Crippen molar-refractivity contribution in [3.63, 3.8) is 0 Å². The van der Waals surface area contributed by atoms with Crippen molar-refractivity contribution >= 4 is 17.5 Å². The van der Waals surface area contributed by atoms with Crippen molar-refractivity contribution in [1.29, 1.82) is 0 Å². The first-order valence-corrected chi connectivity index (χ1v) is 10.7. The minimum Gasteiger partial charge on any atom is -0.354 e. The van der Waals surface area contributed by atoms with Gasteiger partial charge in [0.15, 0.2) is 0 Å². The van der Waals surface area contributed by atoms with Gasteiger partial charge in [0.05, 0.1) is 17.9 Å². The van der Waals surface area contributed by atoms with Gasteiger partial charge in [-0.3, -0.25) is 9.69 Å². The van der Waals surface area contributed by atoms with Gasteiger partial charge in [-0.05, 0) is 24.3 Å². The molecule has 4 rings (SSSR count). The Bertz CT molecular complexity index is 1000. The maximum Gasteiger partial charge on any atom is 0.239 e. The van der Waals surface area contributed by atoms with Crippen LogP contribution in [-0.2, 0) is 10.2 Å². The lowest BCUT2D eigenvalue weighted by Gasteiger charge is -2.34. The number of piperazine rings is 1. The maximum atomic E-state index is 12.9. The van der Waals surface area contributed by atoms with Crippen LogP contribution < -0.4 is 10.2 Å². The van der Waals surface area contributed by atoms with E-state index in [1.54, 1.807) is 0 Å². The lowest BCUT2D eigenvalue weighted by Crippen LogP contribution is -2.49. The maximum absolute atomic E-state index is 12.9.